The Balaban J connectivity index is 2.28. The summed E-state index contributed by atoms with van der Waals surface area (Å²) in [6.07, 6.45) is 3.44. The van der Waals surface area contributed by atoms with Gasteiger partial charge in [0, 0.05) is 26.8 Å². The molecule has 2 fully saturated rings. The summed E-state index contributed by atoms with van der Waals surface area (Å²) in [5.74, 6) is -0.212. The quantitative estimate of drug-likeness (QED) is 0.469. The van der Waals surface area contributed by atoms with Crippen LogP contribution < -0.4 is 5.32 Å². The number of hydrogen-bond donors (Lipinski definition) is 1. The van der Waals surface area contributed by atoms with Crippen LogP contribution in [0.1, 0.15) is 12.8 Å². The topological polar surface area (TPSA) is 49.4 Å². The van der Waals surface area contributed by atoms with Crippen LogP contribution >= 0.6 is 0 Å². The van der Waals surface area contributed by atoms with Crippen LogP contribution in [0.15, 0.2) is 11.8 Å². The molecule has 0 atom stereocenters. The van der Waals surface area contributed by atoms with Gasteiger partial charge in [-0.3, -0.25) is 9.59 Å². The molecule has 14 heavy (non-hydrogen) atoms. The van der Waals surface area contributed by atoms with Crippen molar-refractivity contribution in [2.75, 3.05) is 20.6 Å². The van der Waals surface area contributed by atoms with E-state index in [1.165, 1.54) is 0 Å². The number of ketones is 1. The smallest absolute Gasteiger partial charge is 0.256 e. The SMILES string of the molecule is CN(C)/C=C1/C(=O)NCC2(CC2)C1=O. The molecule has 2 rings (SSSR count). The number of carbonyl (C=O) groups excluding carboxylic acids is 2. The third-order valence-electron chi connectivity index (χ3n) is 2.80. The number of hydrogen-bond acceptors (Lipinski definition) is 3. The third kappa shape index (κ3) is 1.31. The fourth-order valence-corrected chi connectivity index (χ4v) is 1.74. The molecule has 1 aliphatic heterocycles. The van der Waals surface area contributed by atoms with Crippen LogP contribution in [-0.2, 0) is 9.59 Å². The van der Waals surface area contributed by atoms with Gasteiger partial charge in [0.15, 0.2) is 5.78 Å². The lowest BCUT2D eigenvalue weighted by Crippen LogP contribution is -2.45. The molecule has 0 aromatic carbocycles. The van der Waals surface area contributed by atoms with Crippen molar-refractivity contribution in [1.29, 1.82) is 0 Å². The highest BCUT2D eigenvalue weighted by Crippen LogP contribution is 2.49. The van der Waals surface area contributed by atoms with Crippen molar-refractivity contribution in [3.63, 3.8) is 0 Å². The van der Waals surface area contributed by atoms with Gasteiger partial charge in [0.2, 0.25) is 0 Å². The van der Waals surface area contributed by atoms with Crippen LogP contribution in [0.5, 0.6) is 0 Å². The molecule has 1 aliphatic carbocycles. The van der Waals surface area contributed by atoms with Gasteiger partial charge in [-0.05, 0) is 12.8 Å². The van der Waals surface area contributed by atoms with Crippen LogP contribution in [-0.4, -0.2) is 37.2 Å². The Morgan fingerprint density at radius 3 is 2.50 bits per heavy atom. The summed E-state index contributed by atoms with van der Waals surface area (Å²) >= 11 is 0. The van der Waals surface area contributed by atoms with E-state index in [4.69, 9.17) is 0 Å². The largest absolute Gasteiger partial charge is 0.383 e. The summed E-state index contributed by atoms with van der Waals surface area (Å²) in [4.78, 5) is 25.1. The van der Waals surface area contributed by atoms with Gasteiger partial charge >= 0.3 is 0 Å². The minimum Gasteiger partial charge on any atom is -0.383 e. The van der Waals surface area contributed by atoms with E-state index >= 15 is 0 Å². The van der Waals surface area contributed by atoms with Crippen molar-refractivity contribution in [3.05, 3.63) is 11.8 Å². The first-order valence-corrected chi connectivity index (χ1v) is 4.76. The van der Waals surface area contributed by atoms with Crippen molar-refractivity contribution in [3.8, 4) is 0 Å². The molecule has 2 aliphatic rings. The van der Waals surface area contributed by atoms with Crippen molar-refractivity contribution < 1.29 is 9.59 Å². The van der Waals surface area contributed by atoms with Crippen molar-refractivity contribution >= 4 is 11.7 Å². The molecule has 0 unspecified atom stereocenters. The Morgan fingerprint density at radius 2 is 2.00 bits per heavy atom. The van der Waals surface area contributed by atoms with Crippen LogP contribution in [0.25, 0.3) is 0 Å². The maximum Gasteiger partial charge on any atom is 0.256 e. The first-order chi connectivity index (χ1) is 6.55. The molecule has 0 aromatic rings. The van der Waals surface area contributed by atoms with Gasteiger partial charge in [0.25, 0.3) is 5.91 Å². The normalized spacial score (nSPS) is 26.6. The van der Waals surface area contributed by atoms with Crippen LogP contribution in [0, 0.1) is 5.41 Å². The van der Waals surface area contributed by atoms with E-state index in [2.05, 4.69) is 5.32 Å². The highest BCUT2D eigenvalue weighted by molar-refractivity contribution is 6.23. The number of nitrogens with zero attached hydrogens (tertiary/aromatic N) is 1. The zero-order valence-electron chi connectivity index (χ0n) is 8.46. The summed E-state index contributed by atoms with van der Waals surface area (Å²) < 4.78 is 0. The second-order valence-corrected chi connectivity index (χ2v) is 4.30. The standard InChI is InChI=1S/C10H14N2O2/c1-12(2)5-7-8(13)10(3-4-10)6-11-9(7)14/h5H,3-4,6H2,1-2H3,(H,11,14)/b7-5+. The minimum atomic E-state index is -0.240. The molecule has 1 saturated carbocycles. The van der Waals surface area contributed by atoms with Gasteiger partial charge in [-0.25, -0.2) is 0 Å². The fourth-order valence-electron chi connectivity index (χ4n) is 1.74. The highest BCUT2D eigenvalue weighted by Gasteiger charge is 2.54. The van der Waals surface area contributed by atoms with Crippen molar-refractivity contribution in [2.24, 2.45) is 5.41 Å². The average Bonchev–Trinajstić information content (AvgIpc) is 2.88. The summed E-state index contributed by atoms with van der Waals surface area (Å²) in [6, 6.07) is 0. The Morgan fingerprint density at radius 1 is 1.36 bits per heavy atom. The van der Waals surface area contributed by atoms with Gasteiger partial charge in [-0.15, -0.1) is 0 Å². The van der Waals surface area contributed by atoms with Crippen LogP contribution in [0.4, 0.5) is 0 Å². The summed E-state index contributed by atoms with van der Waals surface area (Å²) in [5.41, 5.74) is 0.0641. The number of rotatable bonds is 1. The molecule has 1 spiro atoms. The van der Waals surface area contributed by atoms with Gasteiger partial charge in [-0.2, -0.15) is 0 Å². The lowest BCUT2D eigenvalue weighted by Gasteiger charge is -2.23. The maximum absolute atomic E-state index is 11.9. The Labute approximate surface area is 83.0 Å². The van der Waals surface area contributed by atoms with Gasteiger partial charge in [-0.1, -0.05) is 0 Å². The zero-order valence-corrected chi connectivity index (χ0v) is 8.46. The number of Topliss-reactive ketones (excluding diaryl/α,β-unsaturated/α-hetero) is 1. The summed E-state index contributed by atoms with van der Waals surface area (Å²) in [7, 11) is 3.61. The monoisotopic (exact) mass is 194 g/mol. The molecule has 0 aromatic heterocycles. The molecule has 4 nitrogen and oxygen atoms in total. The van der Waals surface area contributed by atoms with E-state index in [-0.39, 0.29) is 17.1 Å². The lowest BCUT2D eigenvalue weighted by atomic mass is 9.91. The molecule has 0 bridgehead atoms. The summed E-state index contributed by atoms with van der Waals surface area (Å²) in [6.45, 7) is 0.523. The number of amides is 1. The Kier molecular flexibility index (Phi) is 1.87. The van der Waals surface area contributed by atoms with Crippen molar-refractivity contribution in [1.82, 2.24) is 10.2 Å². The molecule has 4 heteroatoms. The van der Waals surface area contributed by atoms with Gasteiger partial charge < -0.3 is 10.2 Å². The molecule has 1 saturated heterocycles. The lowest BCUT2D eigenvalue weighted by molar-refractivity contribution is -0.128. The number of piperidine rings is 1. The summed E-state index contributed by atoms with van der Waals surface area (Å²) in [5, 5.41) is 2.77. The van der Waals surface area contributed by atoms with Gasteiger partial charge in [0.05, 0.1) is 11.0 Å². The predicted molar refractivity (Wildman–Crippen MR) is 51.5 cm³/mol. The Hall–Kier alpha value is -1.32. The Bertz CT molecular complexity index is 327. The zero-order chi connectivity index (χ0) is 10.3. The molecule has 76 valence electrons. The van der Waals surface area contributed by atoms with Crippen molar-refractivity contribution in [2.45, 2.75) is 12.8 Å². The first-order valence-electron chi connectivity index (χ1n) is 4.76. The molecule has 1 N–H and O–H groups in total. The van der Waals surface area contributed by atoms with Crippen LogP contribution in [0.3, 0.4) is 0 Å². The molecule has 1 heterocycles. The van der Waals surface area contributed by atoms with Crippen LogP contribution in [0.2, 0.25) is 0 Å². The number of nitrogens with one attached hydrogen (secondary N) is 1. The van der Waals surface area contributed by atoms with E-state index in [1.807, 2.05) is 14.1 Å². The molecule has 0 radical (unpaired) electrons. The van der Waals surface area contributed by atoms with E-state index in [9.17, 15) is 9.59 Å². The average molecular weight is 194 g/mol. The van der Waals surface area contributed by atoms with E-state index in [0.29, 0.717) is 12.1 Å². The van der Waals surface area contributed by atoms with E-state index in [1.54, 1.807) is 11.1 Å². The molecular formula is C10H14N2O2. The van der Waals surface area contributed by atoms with E-state index < -0.39 is 0 Å². The maximum atomic E-state index is 11.9. The highest BCUT2D eigenvalue weighted by atomic mass is 16.2. The molecule has 1 amide bonds. The minimum absolute atomic E-state index is 0.0231. The molecular weight excluding hydrogens is 180 g/mol. The number of carbonyl (C=O) groups is 2. The fraction of sp³-hybridized carbons (Fsp3) is 0.600. The first kappa shape index (κ1) is 9.24. The predicted octanol–water partition coefficient (Wildman–Crippen LogP) is -0.0890. The second kappa shape index (κ2) is 2.83. The second-order valence-electron chi connectivity index (χ2n) is 4.30. The van der Waals surface area contributed by atoms with Gasteiger partial charge in [0.1, 0.15) is 0 Å². The third-order valence-corrected chi connectivity index (χ3v) is 2.80. The van der Waals surface area contributed by atoms with E-state index in [0.717, 1.165) is 12.8 Å².